The third kappa shape index (κ3) is 1.93. The van der Waals surface area contributed by atoms with Crippen molar-refractivity contribution in [3.63, 3.8) is 0 Å². The highest BCUT2D eigenvalue weighted by Crippen LogP contribution is 2.42. The second kappa shape index (κ2) is 4.53. The molecule has 5 heteroatoms. The zero-order valence-electron chi connectivity index (χ0n) is 11.7. The number of ether oxygens (including phenoxy) is 2. The fourth-order valence-corrected chi connectivity index (χ4v) is 3.51. The Morgan fingerprint density at radius 1 is 1.35 bits per heavy atom. The molecule has 3 heterocycles. The maximum Gasteiger partial charge on any atom is 0.169 e. The van der Waals surface area contributed by atoms with Crippen LogP contribution in [-0.4, -0.2) is 33.6 Å². The molecular weight excluding hydrogens is 254 g/mol. The summed E-state index contributed by atoms with van der Waals surface area (Å²) >= 11 is 0. The van der Waals surface area contributed by atoms with Gasteiger partial charge in [-0.1, -0.05) is 0 Å². The first kappa shape index (κ1) is 12.3. The van der Waals surface area contributed by atoms with Gasteiger partial charge in [0.25, 0.3) is 0 Å². The van der Waals surface area contributed by atoms with Crippen molar-refractivity contribution >= 4 is 5.65 Å². The number of nitrogens with zero attached hydrogens (tertiary/aromatic N) is 3. The summed E-state index contributed by atoms with van der Waals surface area (Å²) < 4.78 is 13.6. The molecule has 1 spiro atoms. The molecule has 0 aromatic carbocycles. The van der Waals surface area contributed by atoms with E-state index in [0.29, 0.717) is 5.92 Å². The van der Waals surface area contributed by atoms with Crippen LogP contribution in [-0.2, 0) is 9.47 Å². The predicted molar refractivity (Wildman–Crippen MR) is 73.6 cm³/mol. The number of aryl methyl sites for hydroxylation is 1. The minimum Gasteiger partial charge on any atom is -0.348 e. The Morgan fingerprint density at radius 2 is 2.20 bits per heavy atom. The molecule has 1 aliphatic carbocycles. The van der Waals surface area contributed by atoms with Crippen LogP contribution in [0.1, 0.15) is 43.0 Å². The Morgan fingerprint density at radius 3 is 3.05 bits per heavy atom. The van der Waals surface area contributed by atoms with Crippen LogP contribution in [0.5, 0.6) is 0 Å². The number of fused-ring (bicyclic) bond motifs is 1. The van der Waals surface area contributed by atoms with Crippen LogP contribution in [0, 0.1) is 6.92 Å². The molecule has 0 N–H and O–H groups in total. The van der Waals surface area contributed by atoms with Gasteiger partial charge in [0.05, 0.1) is 19.4 Å². The van der Waals surface area contributed by atoms with Crippen LogP contribution >= 0.6 is 0 Å². The summed E-state index contributed by atoms with van der Waals surface area (Å²) in [5.74, 6) is 0.0747. The molecule has 2 fully saturated rings. The molecule has 1 saturated carbocycles. The smallest absolute Gasteiger partial charge is 0.169 e. The molecular formula is C15H19N3O2. The van der Waals surface area contributed by atoms with Crippen molar-refractivity contribution in [1.29, 1.82) is 0 Å². The Hall–Kier alpha value is -1.46. The Balaban J connectivity index is 1.67. The van der Waals surface area contributed by atoms with Gasteiger partial charge in [0, 0.05) is 36.2 Å². The van der Waals surface area contributed by atoms with Gasteiger partial charge in [-0.05, 0) is 25.8 Å². The van der Waals surface area contributed by atoms with Gasteiger partial charge < -0.3 is 9.47 Å². The van der Waals surface area contributed by atoms with Gasteiger partial charge in [-0.15, -0.1) is 0 Å². The highest BCUT2D eigenvalue weighted by Gasteiger charge is 2.42. The maximum atomic E-state index is 5.87. The molecule has 106 valence electrons. The molecule has 1 atom stereocenters. The van der Waals surface area contributed by atoms with E-state index < -0.39 is 0 Å². The van der Waals surface area contributed by atoms with Gasteiger partial charge in [-0.3, -0.25) is 0 Å². The highest BCUT2D eigenvalue weighted by molar-refractivity contribution is 5.39. The number of hydrogen-bond acceptors (Lipinski definition) is 4. The van der Waals surface area contributed by atoms with E-state index in [2.05, 4.69) is 18.1 Å². The second-order valence-corrected chi connectivity index (χ2v) is 5.82. The predicted octanol–water partition coefficient (Wildman–Crippen LogP) is 2.44. The summed E-state index contributed by atoms with van der Waals surface area (Å²) in [4.78, 5) is 4.76. The number of rotatable bonds is 1. The zero-order chi connectivity index (χ0) is 13.6. The minimum atomic E-state index is -0.342. The molecule has 4 rings (SSSR count). The van der Waals surface area contributed by atoms with Crippen LogP contribution in [0.15, 0.2) is 18.3 Å². The average Bonchev–Trinajstić information content (AvgIpc) is 3.08. The number of aromatic nitrogens is 3. The van der Waals surface area contributed by atoms with Gasteiger partial charge in [0.2, 0.25) is 0 Å². The van der Waals surface area contributed by atoms with Crippen LogP contribution in [0.25, 0.3) is 5.65 Å². The molecule has 1 unspecified atom stereocenters. The Bertz CT molecular complexity index is 631. The Labute approximate surface area is 117 Å². The lowest BCUT2D eigenvalue weighted by Gasteiger charge is -2.36. The normalized spacial score (nSPS) is 25.6. The molecule has 1 aliphatic heterocycles. The van der Waals surface area contributed by atoms with Crippen molar-refractivity contribution in [3.8, 4) is 0 Å². The Kier molecular flexibility index (Phi) is 2.79. The fourth-order valence-electron chi connectivity index (χ4n) is 3.51. The summed E-state index contributed by atoms with van der Waals surface area (Å²) in [7, 11) is 0. The molecule has 0 radical (unpaired) electrons. The van der Waals surface area contributed by atoms with Crippen molar-refractivity contribution < 1.29 is 9.47 Å². The van der Waals surface area contributed by atoms with Crippen molar-refractivity contribution in [1.82, 2.24) is 14.6 Å². The van der Waals surface area contributed by atoms with E-state index in [9.17, 15) is 0 Å². The third-order valence-corrected chi connectivity index (χ3v) is 4.46. The standard InChI is InChI=1S/C15H19N3O2/c1-11-9-13(17-14-4-6-16-18(11)14)12-3-2-5-15(10-12)19-7-8-20-15/h4,6,9,12H,2-3,5,7-8,10H2,1H3. The maximum absolute atomic E-state index is 5.87. The average molecular weight is 273 g/mol. The molecule has 5 nitrogen and oxygen atoms in total. The lowest BCUT2D eigenvalue weighted by Crippen LogP contribution is -2.35. The van der Waals surface area contributed by atoms with E-state index in [1.54, 1.807) is 6.20 Å². The van der Waals surface area contributed by atoms with Gasteiger partial charge in [0.1, 0.15) is 0 Å². The van der Waals surface area contributed by atoms with Crippen LogP contribution in [0.4, 0.5) is 0 Å². The first-order valence-electron chi connectivity index (χ1n) is 7.35. The van der Waals surface area contributed by atoms with Gasteiger partial charge in [0.15, 0.2) is 11.4 Å². The first-order chi connectivity index (χ1) is 9.76. The topological polar surface area (TPSA) is 48.7 Å². The van der Waals surface area contributed by atoms with Gasteiger partial charge in [-0.2, -0.15) is 5.10 Å². The third-order valence-electron chi connectivity index (χ3n) is 4.46. The highest BCUT2D eigenvalue weighted by atomic mass is 16.7. The van der Waals surface area contributed by atoms with E-state index in [4.69, 9.17) is 14.5 Å². The zero-order valence-corrected chi connectivity index (χ0v) is 11.7. The molecule has 0 amide bonds. The van der Waals surface area contributed by atoms with Crippen molar-refractivity contribution in [2.45, 2.75) is 44.3 Å². The van der Waals surface area contributed by atoms with E-state index in [0.717, 1.165) is 55.9 Å². The SMILES string of the molecule is Cc1cc(C2CCCC3(C2)OCCO3)nc2ccnn12. The van der Waals surface area contributed by atoms with E-state index in [1.165, 1.54) is 0 Å². The van der Waals surface area contributed by atoms with E-state index >= 15 is 0 Å². The molecule has 2 aliphatic rings. The van der Waals surface area contributed by atoms with Crippen LogP contribution in [0.3, 0.4) is 0 Å². The number of hydrogen-bond donors (Lipinski definition) is 0. The summed E-state index contributed by atoms with van der Waals surface area (Å²) in [6, 6.07) is 4.11. The summed E-state index contributed by atoms with van der Waals surface area (Å²) in [6.07, 6.45) is 6.02. The van der Waals surface area contributed by atoms with Crippen LogP contribution < -0.4 is 0 Å². The van der Waals surface area contributed by atoms with Gasteiger partial charge in [-0.25, -0.2) is 9.50 Å². The molecule has 2 aromatic rings. The van der Waals surface area contributed by atoms with Crippen LogP contribution in [0.2, 0.25) is 0 Å². The quantitative estimate of drug-likeness (QED) is 0.800. The van der Waals surface area contributed by atoms with Crippen molar-refractivity contribution in [3.05, 3.63) is 29.7 Å². The second-order valence-electron chi connectivity index (χ2n) is 5.82. The van der Waals surface area contributed by atoms with E-state index in [1.807, 2.05) is 10.6 Å². The summed E-state index contributed by atoms with van der Waals surface area (Å²) in [5, 5.41) is 4.28. The van der Waals surface area contributed by atoms with Gasteiger partial charge >= 0.3 is 0 Å². The lowest BCUT2D eigenvalue weighted by atomic mass is 9.82. The summed E-state index contributed by atoms with van der Waals surface area (Å²) in [5.41, 5.74) is 3.20. The largest absolute Gasteiger partial charge is 0.348 e. The molecule has 2 aromatic heterocycles. The molecule has 20 heavy (non-hydrogen) atoms. The molecule has 0 bridgehead atoms. The van der Waals surface area contributed by atoms with E-state index in [-0.39, 0.29) is 5.79 Å². The summed E-state index contributed by atoms with van der Waals surface area (Å²) in [6.45, 7) is 3.52. The first-order valence-corrected chi connectivity index (χ1v) is 7.35. The monoisotopic (exact) mass is 273 g/mol. The molecule has 1 saturated heterocycles. The minimum absolute atomic E-state index is 0.342. The fraction of sp³-hybridized carbons (Fsp3) is 0.600. The van der Waals surface area contributed by atoms with Crippen molar-refractivity contribution in [2.75, 3.05) is 13.2 Å². The lowest BCUT2D eigenvalue weighted by molar-refractivity contribution is -0.180. The van der Waals surface area contributed by atoms with Crippen molar-refractivity contribution in [2.24, 2.45) is 0 Å².